The normalized spacial score (nSPS) is 19.3. The minimum absolute atomic E-state index is 0.0350. The van der Waals surface area contributed by atoms with Gasteiger partial charge in [0.15, 0.2) is 5.78 Å². The van der Waals surface area contributed by atoms with Crippen molar-refractivity contribution in [2.24, 2.45) is 17.3 Å². The van der Waals surface area contributed by atoms with Crippen LogP contribution in [0.1, 0.15) is 59.8 Å². The molecular weight excluding hydrogens is 228 g/mol. The van der Waals surface area contributed by atoms with Crippen molar-refractivity contribution in [3.8, 4) is 0 Å². The highest BCUT2D eigenvalue weighted by Crippen LogP contribution is 2.35. The number of carbonyl (C=O) groups excluding carboxylic acids is 2. The van der Waals surface area contributed by atoms with E-state index in [4.69, 9.17) is 4.74 Å². The summed E-state index contributed by atoms with van der Waals surface area (Å²) in [5.74, 6) is -0.646. The average Bonchev–Trinajstić information content (AvgIpc) is 2.29. The van der Waals surface area contributed by atoms with Gasteiger partial charge in [-0.25, -0.2) is 0 Å². The number of ether oxygens (including phenoxy) is 1. The molecule has 18 heavy (non-hydrogen) atoms. The van der Waals surface area contributed by atoms with Crippen LogP contribution in [0.15, 0.2) is 0 Å². The fourth-order valence-corrected chi connectivity index (χ4v) is 2.68. The average molecular weight is 254 g/mol. The Hall–Kier alpha value is -0.860. The SMILES string of the molecule is CCOC(=O)C(C(=O)C(C)(C)C)C1CCCCC1. The lowest BCUT2D eigenvalue weighted by Gasteiger charge is -2.31. The van der Waals surface area contributed by atoms with Gasteiger partial charge in [-0.3, -0.25) is 9.59 Å². The number of ketones is 1. The minimum atomic E-state index is -0.551. The Kier molecular flexibility index (Phi) is 5.36. The quantitative estimate of drug-likeness (QED) is 0.570. The van der Waals surface area contributed by atoms with E-state index in [-0.39, 0.29) is 17.7 Å². The van der Waals surface area contributed by atoms with Crippen molar-refractivity contribution in [3.05, 3.63) is 0 Å². The molecule has 1 saturated carbocycles. The van der Waals surface area contributed by atoms with E-state index in [1.807, 2.05) is 20.8 Å². The number of carbonyl (C=O) groups is 2. The maximum absolute atomic E-state index is 12.5. The van der Waals surface area contributed by atoms with E-state index in [1.54, 1.807) is 6.92 Å². The number of esters is 1. The molecule has 1 aliphatic carbocycles. The van der Waals surface area contributed by atoms with Crippen molar-refractivity contribution in [2.75, 3.05) is 6.61 Å². The summed E-state index contributed by atoms with van der Waals surface area (Å²) in [5.41, 5.74) is -0.477. The lowest BCUT2D eigenvalue weighted by molar-refractivity contribution is -0.157. The Bertz CT molecular complexity index is 295. The lowest BCUT2D eigenvalue weighted by Crippen LogP contribution is -2.40. The molecule has 1 aliphatic rings. The summed E-state index contributed by atoms with van der Waals surface area (Å²) in [6, 6.07) is 0. The first-order valence-corrected chi connectivity index (χ1v) is 7.09. The zero-order chi connectivity index (χ0) is 13.8. The van der Waals surface area contributed by atoms with Gasteiger partial charge < -0.3 is 4.74 Å². The summed E-state index contributed by atoms with van der Waals surface area (Å²) < 4.78 is 5.11. The maximum Gasteiger partial charge on any atom is 0.316 e. The molecule has 0 aromatic carbocycles. The third kappa shape index (κ3) is 3.82. The van der Waals surface area contributed by atoms with Crippen molar-refractivity contribution >= 4 is 11.8 Å². The number of hydrogen-bond donors (Lipinski definition) is 0. The van der Waals surface area contributed by atoms with E-state index < -0.39 is 11.3 Å². The summed E-state index contributed by atoms with van der Waals surface area (Å²) >= 11 is 0. The molecule has 3 heteroatoms. The summed E-state index contributed by atoms with van der Waals surface area (Å²) in [6.07, 6.45) is 5.42. The Balaban J connectivity index is 2.86. The summed E-state index contributed by atoms with van der Waals surface area (Å²) in [5, 5.41) is 0. The lowest BCUT2D eigenvalue weighted by atomic mass is 9.72. The van der Waals surface area contributed by atoms with Gasteiger partial charge in [-0.05, 0) is 25.7 Å². The fourth-order valence-electron chi connectivity index (χ4n) is 2.68. The van der Waals surface area contributed by atoms with Crippen LogP contribution < -0.4 is 0 Å². The summed E-state index contributed by atoms with van der Waals surface area (Å²) in [7, 11) is 0. The zero-order valence-corrected chi connectivity index (χ0v) is 12.1. The molecule has 1 atom stereocenters. The van der Waals surface area contributed by atoms with Crippen LogP contribution in [-0.4, -0.2) is 18.4 Å². The molecule has 0 aromatic rings. The predicted molar refractivity (Wildman–Crippen MR) is 71.2 cm³/mol. The highest BCUT2D eigenvalue weighted by Gasteiger charge is 2.41. The van der Waals surface area contributed by atoms with Gasteiger partial charge in [0.25, 0.3) is 0 Å². The van der Waals surface area contributed by atoms with Crippen LogP contribution in [0.2, 0.25) is 0 Å². The van der Waals surface area contributed by atoms with E-state index >= 15 is 0 Å². The second kappa shape index (κ2) is 6.35. The smallest absolute Gasteiger partial charge is 0.316 e. The molecule has 0 bridgehead atoms. The topological polar surface area (TPSA) is 43.4 Å². The predicted octanol–water partition coefficient (Wildman–Crippen LogP) is 3.36. The second-order valence-electron chi connectivity index (χ2n) is 6.24. The molecule has 3 nitrogen and oxygen atoms in total. The van der Waals surface area contributed by atoms with Crippen molar-refractivity contribution in [1.82, 2.24) is 0 Å². The minimum Gasteiger partial charge on any atom is -0.465 e. The van der Waals surface area contributed by atoms with Gasteiger partial charge in [0.05, 0.1) is 6.61 Å². The Morgan fingerprint density at radius 2 is 1.72 bits per heavy atom. The van der Waals surface area contributed by atoms with E-state index in [9.17, 15) is 9.59 Å². The van der Waals surface area contributed by atoms with Crippen LogP contribution in [0.4, 0.5) is 0 Å². The molecule has 0 aliphatic heterocycles. The Labute approximate surface area is 110 Å². The maximum atomic E-state index is 12.5. The van der Waals surface area contributed by atoms with Crippen LogP contribution >= 0.6 is 0 Å². The van der Waals surface area contributed by atoms with E-state index in [2.05, 4.69) is 0 Å². The first kappa shape index (κ1) is 15.2. The van der Waals surface area contributed by atoms with Crippen LogP contribution in [-0.2, 0) is 14.3 Å². The third-order valence-electron chi connectivity index (χ3n) is 3.68. The molecule has 104 valence electrons. The fraction of sp³-hybridized carbons (Fsp3) is 0.867. The standard InChI is InChI=1S/C15H26O3/c1-5-18-14(17)12(13(16)15(2,3)4)11-9-7-6-8-10-11/h11-12H,5-10H2,1-4H3. The van der Waals surface area contributed by atoms with Crippen LogP contribution in [0.5, 0.6) is 0 Å². The molecule has 0 heterocycles. The largest absolute Gasteiger partial charge is 0.465 e. The van der Waals surface area contributed by atoms with E-state index in [0.29, 0.717) is 6.61 Å². The molecule has 1 unspecified atom stereocenters. The molecule has 1 fully saturated rings. The molecule has 1 rings (SSSR count). The van der Waals surface area contributed by atoms with Crippen LogP contribution in [0, 0.1) is 17.3 Å². The number of Topliss-reactive ketones (excluding diaryl/α,β-unsaturated/α-hetero) is 1. The second-order valence-corrected chi connectivity index (χ2v) is 6.24. The van der Waals surface area contributed by atoms with Crippen LogP contribution in [0.3, 0.4) is 0 Å². The van der Waals surface area contributed by atoms with Crippen molar-refractivity contribution in [2.45, 2.75) is 59.8 Å². The highest BCUT2D eigenvalue weighted by molar-refractivity contribution is 6.01. The number of hydrogen-bond acceptors (Lipinski definition) is 3. The summed E-state index contributed by atoms with van der Waals surface area (Å²) in [6.45, 7) is 7.77. The van der Waals surface area contributed by atoms with Gasteiger partial charge in [-0.1, -0.05) is 40.0 Å². The van der Waals surface area contributed by atoms with Crippen molar-refractivity contribution in [1.29, 1.82) is 0 Å². The van der Waals surface area contributed by atoms with Gasteiger partial charge in [-0.15, -0.1) is 0 Å². The molecule has 0 saturated heterocycles. The number of rotatable bonds is 4. The molecule has 0 aromatic heterocycles. The van der Waals surface area contributed by atoms with Crippen molar-refractivity contribution in [3.63, 3.8) is 0 Å². The monoisotopic (exact) mass is 254 g/mol. The Morgan fingerprint density at radius 3 is 2.17 bits per heavy atom. The third-order valence-corrected chi connectivity index (χ3v) is 3.68. The first-order valence-electron chi connectivity index (χ1n) is 7.09. The molecule has 0 amide bonds. The highest BCUT2D eigenvalue weighted by atomic mass is 16.5. The van der Waals surface area contributed by atoms with Gasteiger partial charge >= 0.3 is 5.97 Å². The molecule has 0 spiro atoms. The van der Waals surface area contributed by atoms with Gasteiger partial charge in [0.2, 0.25) is 0 Å². The van der Waals surface area contributed by atoms with E-state index in [1.165, 1.54) is 6.42 Å². The van der Waals surface area contributed by atoms with Crippen LogP contribution in [0.25, 0.3) is 0 Å². The Morgan fingerprint density at radius 1 is 1.17 bits per heavy atom. The molecular formula is C15H26O3. The molecule has 0 N–H and O–H groups in total. The van der Waals surface area contributed by atoms with Crippen molar-refractivity contribution < 1.29 is 14.3 Å². The van der Waals surface area contributed by atoms with E-state index in [0.717, 1.165) is 25.7 Å². The van der Waals surface area contributed by atoms with Gasteiger partial charge in [0, 0.05) is 5.41 Å². The van der Waals surface area contributed by atoms with Gasteiger partial charge in [-0.2, -0.15) is 0 Å². The zero-order valence-electron chi connectivity index (χ0n) is 12.1. The van der Waals surface area contributed by atoms with Gasteiger partial charge in [0.1, 0.15) is 5.92 Å². The first-order chi connectivity index (χ1) is 8.38. The summed E-state index contributed by atoms with van der Waals surface area (Å²) in [4.78, 5) is 24.6. The molecule has 0 radical (unpaired) electrons.